The van der Waals surface area contributed by atoms with E-state index in [1.807, 2.05) is 0 Å². The zero-order valence-electron chi connectivity index (χ0n) is 13.6. The van der Waals surface area contributed by atoms with Crippen molar-refractivity contribution in [2.24, 2.45) is 0 Å². The van der Waals surface area contributed by atoms with Gasteiger partial charge in [-0.1, -0.05) is 0 Å². The molecular weight excluding hydrogens is 431 g/mol. The van der Waals surface area contributed by atoms with Gasteiger partial charge in [0.1, 0.15) is 23.0 Å². The normalized spacial score (nSPS) is 11.0. The first-order valence-electron chi connectivity index (χ1n) is 7.40. The number of nitrogens with one attached hydrogen (secondary N) is 1. The number of halogens is 4. The predicted molar refractivity (Wildman–Crippen MR) is 98.0 cm³/mol. The van der Waals surface area contributed by atoms with E-state index in [4.69, 9.17) is 5.73 Å². The number of pyridine rings is 1. The SMILES string of the molecule is CNc1c(F)cc2c(=O)c(C(=O)O)cn(-c3cc(N)c(F)cc3F)c2c1Br. The van der Waals surface area contributed by atoms with E-state index in [1.165, 1.54) is 7.05 Å². The molecule has 6 nitrogen and oxygen atoms in total. The summed E-state index contributed by atoms with van der Waals surface area (Å²) in [6, 6.07) is 2.34. The Kier molecular flexibility index (Phi) is 4.60. The quantitative estimate of drug-likeness (QED) is 0.540. The average molecular weight is 442 g/mol. The summed E-state index contributed by atoms with van der Waals surface area (Å²) in [4.78, 5) is 23.9. The largest absolute Gasteiger partial charge is 0.477 e. The van der Waals surface area contributed by atoms with Crippen molar-refractivity contribution >= 4 is 44.2 Å². The molecular formula is C17H11BrF3N3O3. The predicted octanol–water partition coefficient (Wildman–Crippen LogP) is 3.49. The van der Waals surface area contributed by atoms with Crippen LogP contribution in [0.3, 0.4) is 0 Å². The van der Waals surface area contributed by atoms with Crippen LogP contribution in [-0.4, -0.2) is 22.7 Å². The number of aromatic nitrogens is 1. The van der Waals surface area contributed by atoms with Gasteiger partial charge in [0, 0.05) is 19.3 Å². The fourth-order valence-corrected chi connectivity index (χ4v) is 3.52. The van der Waals surface area contributed by atoms with Crippen LogP contribution in [-0.2, 0) is 0 Å². The molecule has 0 fully saturated rings. The third-order valence-corrected chi connectivity index (χ3v) is 4.76. The Balaban J connectivity index is 2.59. The molecule has 0 radical (unpaired) electrons. The van der Waals surface area contributed by atoms with Gasteiger partial charge in [-0.05, 0) is 28.1 Å². The Labute approximate surface area is 158 Å². The Hall–Kier alpha value is -3.01. The molecule has 0 atom stereocenters. The number of nitrogens with two attached hydrogens (primary N) is 1. The maximum Gasteiger partial charge on any atom is 0.341 e. The number of hydrogen-bond donors (Lipinski definition) is 3. The molecule has 0 aliphatic heterocycles. The van der Waals surface area contributed by atoms with Crippen LogP contribution in [0.25, 0.3) is 16.6 Å². The van der Waals surface area contributed by atoms with E-state index in [2.05, 4.69) is 21.2 Å². The summed E-state index contributed by atoms with van der Waals surface area (Å²) < 4.78 is 43.3. The van der Waals surface area contributed by atoms with Crippen LogP contribution in [0, 0.1) is 17.5 Å². The highest BCUT2D eigenvalue weighted by Gasteiger charge is 2.22. The molecule has 0 saturated heterocycles. The molecule has 1 aromatic heterocycles. The molecule has 3 rings (SSSR count). The van der Waals surface area contributed by atoms with Gasteiger partial charge in [0.2, 0.25) is 5.43 Å². The Morgan fingerprint density at radius 1 is 1.19 bits per heavy atom. The van der Waals surface area contributed by atoms with Crippen molar-refractivity contribution in [2.75, 3.05) is 18.1 Å². The molecule has 140 valence electrons. The fourth-order valence-electron chi connectivity index (χ4n) is 2.72. The first-order chi connectivity index (χ1) is 12.7. The minimum atomic E-state index is -1.58. The van der Waals surface area contributed by atoms with Crippen molar-refractivity contribution in [2.45, 2.75) is 0 Å². The number of anilines is 2. The molecule has 0 aliphatic rings. The molecule has 0 aliphatic carbocycles. The van der Waals surface area contributed by atoms with Crippen molar-refractivity contribution in [1.82, 2.24) is 4.57 Å². The minimum Gasteiger partial charge on any atom is -0.477 e. The number of benzene rings is 2. The van der Waals surface area contributed by atoms with E-state index >= 15 is 0 Å². The molecule has 10 heteroatoms. The van der Waals surface area contributed by atoms with Crippen LogP contribution in [0.15, 0.2) is 33.7 Å². The van der Waals surface area contributed by atoms with E-state index in [0.29, 0.717) is 6.07 Å². The molecule has 0 saturated carbocycles. The Morgan fingerprint density at radius 3 is 2.44 bits per heavy atom. The second-order valence-corrected chi connectivity index (χ2v) is 6.36. The molecule has 3 aromatic rings. The zero-order chi connectivity index (χ0) is 20.0. The number of aromatic carboxylic acids is 1. The maximum atomic E-state index is 14.4. The first-order valence-corrected chi connectivity index (χ1v) is 8.20. The lowest BCUT2D eigenvalue weighted by atomic mass is 10.1. The lowest BCUT2D eigenvalue weighted by Gasteiger charge is -2.17. The molecule has 0 spiro atoms. The highest BCUT2D eigenvalue weighted by molar-refractivity contribution is 9.10. The summed E-state index contributed by atoms with van der Waals surface area (Å²) in [5.41, 5.74) is 3.09. The Morgan fingerprint density at radius 2 is 1.85 bits per heavy atom. The monoisotopic (exact) mass is 441 g/mol. The summed E-state index contributed by atoms with van der Waals surface area (Å²) in [6.45, 7) is 0. The number of carbonyl (C=O) groups is 1. The molecule has 1 heterocycles. The number of rotatable bonds is 3. The molecule has 27 heavy (non-hydrogen) atoms. The van der Waals surface area contributed by atoms with Gasteiger partial charge in [0.15, 0.2) is 0 Å². The topological polar surface area (TPSA) is 97.4 Å². The standard InChI is InChI=1S/C17H11BrF3N3O3/c1-23-14-10(21)2-6-15(13(14)18)24(5-7(16(6)25)17(26)27)12-4-11(22)8(19)3-9(12)20/h2-5,23H,22H2,1H3,(H,26,27). The van der Waals surface area contributed by atoms with Crippen molar-refractivity contribution < 1.29 is 23.1 Å². The number of nitrogen functional groups attached to an aromatic ring is 1. The second kappa shape index (κ2) is 6.62. The highest BCUT2D eigenvalue weighted by atomic mass is 79.9. The van der Waals surface area contributed by atoms with Crippen LogP contribution in [0.4, 0.5) is 24.5 Å². The highest BCUT2D eigenvalue weighted by Crippen LogP contribution is 2.35. The number of hydrogen-bond acceptors (Lipinski definition) is 4. The number of fused-ring (bicyclic) bond motifs is 1. The van der Waals surface area contributed by atoms with Crippen LogP contribution in [0.2, 0.25) is 0 Å². The molecule has 2 aromatic carbocycles. The van der Waals surface area contributed by atoms with Crippen molar-refractivity contribution in [3.05, 3.63) is 62.1 Å². The third kappa shape index (κ3) is 2.91. The van der Waals surface area contributed by atoms with Gasteiger partial charge < -0.3 is 20.7 Å². The van der Waals surface area contributed by atoms with E-state index in [-0.39, 0.29) is 32.4 Å². The van der Waals surface area contributed by atoms with Gasteiger partial charge in [-0.15, -0.1) is 0 Å². The second-order valence-electron chi connectivity index (χ2n) is 5.57. The molecule has 0 bridgehead atoms. The maximum absolute atomic E-state index is 14.4. The van der Waals surface area contributed by atoms with E-state index in [1.54, 1.807) is 0 Å². The summed E-state index contributed by atoms with van der Waals surface area (Å²) in [7, 11) is 1.43. The van der Waals surface area contributed by atoms with Gasteiger partial charge in [-0.3, -0.25) is 4.79 Å². The van der Waals surface area contributed by atoms with E-state index in [0.717, 1.165) is 22.9 Å². The van der Waals surface area contributed by atoms with Crippen molar-refractivity contribution in [1.29, 1.82) is 0 Å². The number of carboxylic acids is 1. The lowest BCUT2D eigenvalue weighted by Crippen LogP contribution is -2.20. The van der Waals surface area contributed by atoms with Gasteiger partial charge in [0.05, 0.1) is 32.4 Å². The van der Waals surface area contributed by atoms with Crippen LogP contribution < -0.4 is 16.5 Å². The zero-order valence-corrected chi connectivity index (χ0v) is 15.2. The number of carboxylic acid groups (broad SMARTS) is 1. The fraction of sp³-hybridized carbons (Fsp3) is 0.0588. The van der Waals surface area contributed by atoms with Gasteiger partial charge >= 0.3 is 5.97 Å². The van der Waals surface area contributed by atoms with Gasteiger partial charge in [0.25, 0.3) is 0 Å². The van der Waals surface area contributed by atoms with Gasteiger partial charge in [-0.2, -0.15) is 0 Å². The summed E-state index contributed by atoms with van der Waals surface area (Å²) in [5.74, 6) is -4.45. The summed E-state index contributed by atoms with van der Waals surface area (Å²) >= 11 is 3.16. The van der Waals surface area contributed by atoms with Crippen molar-refractivity contribution in [3.63, 3.8) is 0 Å². The van der Waals surface area contributed by atoms with E-state index < -0.39 is 34.4 Å². The first kappa shape index (κ1) is 18.8. The van der Waals surface area contributed by atoms with Crippen LogP contribution >= 0.6 is 15.9 Å². The molecule has 4 N–H and O–H groups in total. The van der Waals surface area contributed by atoms with Gasteiger partial charge in [-0.25, -0.2) is 18.0 Å². The Bertz CT molecular complexity index is 1180. The average Bonchev–Trinajstić information content (AvgIpc) is 2.59. The lowest BCUT2D eigenvalue weighted by molar-refractivity contribution is 0.0695. The molecule has 0 amide bonds. The third-order valence-electron chi connectivity index (χ3n) is 3.99. The summed E-state index contributed by atoms with van der Waals surface area (Å²) in [5, 5.41) is 11.6. The van der Waals surface area contributed by atoms with Crippen LogP contribution in [0.1, 0.15) is 10.4 Å². The number of nitrogens with zero attached hydrogens (tertiary/aromatic N) is 1. The van der Waals surface area contributed by atoms with Crippen LogP contribution in [0.5, 0.6) is 0 Å². The molecule has 0 unspecified atom stereocenters. The smallest absolute Gasteiger partial charge is 0.341 e. The van der Waals surface area contributed by atoms with Crippen molar-refractivity contribution in [3.8, 4) is 5.69 Å². The van der Waals surface area contributed by atoms with E-state index in [9.17, 15) is 27.9 Å². The summed E-state index contributed by atoms with van der Waals surface area (Å²) in [6.07, 6.45) is 0.880. The minimum absolute atomic E-state index is 0.0133.